The van der Waals surface area contributed by atoms with Crippen LogP contribution in [-0.4, -0.2) is 30.3 Å². The Morgan fingerprint density at radius 3 is 2.76 bits per heavy atom. The fourth-order valence-corrected chi connectivity index (χ4v) is 3.15. The summed E-state index contributed by atoms with van der Waals surface area (Å²) in [7, 11) is 0. The number of amides is 1. The Balaban J connectivity index is 1.37. The van der Waals surface area contributed by atoms with Crippen molar-refractivity contribution in [2.45, 2.75) is 20.4 Å². The molecule has 1 aliphatic heterocycles. The minimum absolute atomic E-state index is 0.198. The molecule has 3 aromatic rings. The van der Waals surface area contributed by atoms with Gasteiger partial charge in [-0.2, -0.15) is 0 Å². The van der Waals surface area contributed by atoms with Crippen molar-refractivity contribution in [1.29, 1.82) is 0 Å². The molecular weight excluding hydrogens is 372 g/mol. The van der Waals surface area contributed by atoms with Crippen LogP contribution in [0.3, 0.4) is 0 Å². The molecule has 1 aromatic heterocycles. The van der Waals surface area contributed by atoms with Gasteiger partial charge in [0.15, 0.2) is 18.1 Å². The molecule has 7 nitrogen and oxygen atoms in total. The Kier molecular flexibility index (Phi) is 5.03. The highest BCUT2D eigenvalue weighted by Crippen LogP contribution is 2.32. The Hall–Kier alpha value is -3.61. The average molecular weight is 392 g/mol. The molecule has 2 heterocycles. The first-order valence-corrected chi connectivity index (χ1v) is 9.20. The van der Waals surface area contributed by atoms with Crippen molar-refractivity contribution in [2.75, 3.05) is 13.4 Å². The number of nitrogens with one attached hydrogen (secondary N) is 1. The monoisotopic (exact) mass is 392 g/mol. The van der Waals surface area contributed by atoms with E-state index in [0.29, 0.717) is 34.7 Å². The van der Waals surface area contributed by atoms with Gasteiger partial charge in [0.05, 0.1) is 11.1 Å². The van der Waals surface area contributed by atoms with E-state index in [9.17, 15) is 9.59 Å². The second-order valence-electron chi connectivity index (χ2n) is 6.87. The van der Waals surface area contributed by atoms with Gasteiger partial charge >= 0.3 is 5.97 Å². The zero-order valence-electron chi connectivity index (χ0n) is 16.2. The van der Waals surface area contributed by atoms with E-state index in [1.54, 1.807) is 12.1 Å². The van der Waals surface area contributed by atoms with Gasteiger partial charge in [-0.05, 0) is 49.7 Å². The predicted molar refractivity (Wildman–Crippen MR) is 106 cm³/mol. The molecule has 1 N–H and O–H groups in total. The maximum absolute atomic E-state index is 12.6. The second kappa shape index (κ2) is 7.79. The molecule has 29 heavy (non-hydrogen) atoms. The first-order valence-electron chi connectivity index (χ1n) is 9.20. The van der Waals surface area contributed by atoms with Crippen LogP contribution in [0, 0.1) is 13.8 Å². The van der Waals surface area contributed by atoms with E-state index in [2.05, 4.69) is 10.3 Å². The van der Waals surface area contributed by atoms with Crippen molar-refractivity contribution in [1.82, 2.24) is 10.3 Å². The predicted octanol–water partition coefficient (Wildman–Crippen LogP) is 3.05. The number of fused-ring (bicyclic) bond motifs is 2. The van der Waals surface area contributed by atoms with Crippen LogP contribution in [0.4, 0.5) is 0 Å². The minimum Gasteiger partial charge on any atom is -0.454 e. The van der Waals surface area contributed by atoms with Crippen molar-refractivity contribution in [3.63, 3.8) is 0 Å². The highest BCUT2D eigenvalue weighted by Gasteiger charge is 2.16. The maximum atomic E-state index is 12.6. The number of aryl methyl sites for hydroxylation is 2. The molecule has 0 aliphatic carbocycles. The summed E-state index contributed by atoms with van der Waals surface area (Å²) in [5.74, 6) is 0.397. The topological polar surface area (TPSA) is 86.8 Å². The molecule has 1 aliphatic rings. The summed E-state index contributed by atoms with van der Waals surface area (Å²) in [5.41, 5.74) is 3.70. The van der Waals surface area contributed by atoms with Gasteiger partial charge in [-0.25, -0.2) is 4.79 Å². The standard InChI is InChI=1S/C22H20N2O5/c1-13-3-5-18-16(7-13)17(8-14(2)24-18)22(26)27-11-21(25)23-10-15-4-6-19-20(9-15)29-12-28-19/h3-9H,10-12H2,1-2H3,(H,23,25). The number of ether oxygens (including phenoxy) is 3. The Labute approximate surface area is 167 Å². The van der Waals surface area contributed by atoms with Crippen LogP contribution in [0.5, 0.6) is 11.5 Å². The summed E-state index contributed by atoms with van der Waals surface area (Å²) in [6, 6.07) is 12.8. The van der Waals surface area contributed by atoms with E-state index < -0.39 is 5.97 Å². The summed E-state index contributed by atoms with van der Waals surface area (Å²) in [6.45, 7) is 3.89. The molecule has 2 aromatic carbocycles. The molecule has 0 atom stereocenters. The molecule has 0 radical (unpaired) electrons. The molecule has 0 bridgehead atoms. The SMILES string of the molecule is Cc1ccc2nc(C)cc(C(=O)OCC(=O)NCc3ccc4c(c3)OCO4)c2c1. The number of carbonyl (C=O) groups is 2. The van der Waals surface area contributed by atoms with Gasteiger partial charge in [0, 0.05) is 17.6 Å². The Morgan fingerprint density at radius 2 is 1.90 bits per heavy atom. The van der Waals surface area contributed by atoms with Crippen LogP contribution in [0.1, 0.15) is 27.2 Å². The lowest BCUT2D eigenvalue weighted by molar-refractivity contribution is -0.124. The third-order valence-electron chi connectivity index (χ3n) is 4.57. The van der Waals surface area contributed by atoms with E-state index in [0.717, 1.165) is 16.6 Å². The van der Waals surface area contributed by atoms with Gasteiger partial charge in [-0.15, -0.1) is 0 Å². The molecule has 4 rings (SSSR count). The average Bonchev–Trinajstić information content (AvgIpc) is 3.18. The molecule has 0 unspecified atom stereocenters. The van der Waals surface area contributed by atoms with Gasteiger partial charge in [-0.3, -0.25) is 9.78 Å². The lowest BCUT2D eigenvalue weighted by atomic mass is 10.1. The van der Waals surface area contributed by atoms with Crippen LogP contribution in [-0.2, 0) is 16.1 Å². The zero-order chi connectivity index (χ0) is 20.4. The lowest BCUT2D eigenvalue weighted by Gasteiger charge is -2.10. The van der Waals surface area contributed by atoms with Crippen molar-refractivity contribution in [2.24, 2.45) is 0 Å². The largest absolute Gasteiger partial charge is 0.454 e. The molecule has 7 heteroatoms. The maximum Gasteiger partial charge on any atom is 0.339 e. The number of rotatable bonds is 5. The quantitative estimate of drug-likeness (QED) is 0.672. The van der Waals surface area contributed by atoms with Gasteiger partial charge in [-0.1, -0.05) is 17.7 Å². The smallest absolute Gasteiger partial charge is 0.339 e. The second-order valence-corrected chi connectivity index (χ2v) is 6.87. The van der Waals surface area contributed by atoms with Gasteiger partial charge in [0.1, 0.15) is 0 Å². The van der Waals surface area contributed by atoms with E-state index >= 15 is 0 Å². The third kappa shape index (κ3) is 4.13. The zero-order valence-corrected chi connectivity index (χ0v) is 16.2. The molecule has 1 amide bonds. The Bertz CT molecular complexity index is 1110. The van der Waals surface area contributed by atoms with Gasteiger partial charge in [0.25, 0.3) is 5.91 Å². The van der Waals surface area contributed by atoms with Crippen LogP contribution >= 0.6 is 0 Å². The number of benzene rings is 2. The number of hydrogen-bond donors (Lipinski definition) is 1. The molecule has 148 valence electrons. The van der Waals surface area contributed by atoms with E-state index in [1.165, 1.54) is 0 Å². The molecular formula is C22H20N2O5. The van der Waals surface area contributed by atoms with E-state index in [4.69, 9.17) is 14.2 Å². The first-order chi connectivity index (χ1) is 14.0. The summed E-state index contributed by atoms with van der Waals surface area (Å²) in [6.07, 6.45) is 0. The summed E-state index contributed by atoms with van der Waals surface area (Å²) in [4.78, 5) is 29.1. The van der Waals surface area contributed by atoms with Crippen molar-refractivity contribution < 1.29 is 23.8 Å². The number of aromatic nitrogens is 1. The van der Waals surface area contributed by atoms with Gasteiger partial charge in [0.2, 0.25) is 6.79 Å². The minimum atomic E-state index is -0.552. The van der Waals surface area contributed by atoms with Crippen LogP contribution in [0.15, 0.2) is 42.5 Å². The summed E-state index contributed by atoms with van der Waals surface area (Å²) >= 11 is 0. The van der Waals surface area contributed by atoms with Crippen LogP contribution in [0.2, 0.25) is 0 Å². The number of pyridine rings is 1. The number of carbonyl (C=O) groups excluding carboxylic acids is 2. The normalized spacial score (nSPS) is 12.1. The van der Waals surface area contributed by atoms with Crippen LogP contribution in [0.25, 0.3) is 10.9 Å². The summed E-state index contributed by atoms with van der Waals surface area (Å²) < 4.78 is 15.8. The third-order valence-corrected chi connectivity index (χ3v) is 4.57. The van der Waals surface area contributed by atoms with Crippen molar-refractivity contribution in [3.05, 3.63) is 64.8 Å². The number of esters is 1. The highest BCUT2D eigenvalue weighted by atomic mass is 16.7. The Morgan fingerprint density at radius 1 is 1.07 bits per heavy atom. The highest BCUT2D eigenvalue weighted by molar-refractivity contribution is 6.04. The molecule has 0 saturated carbocycles. The first kappa shape index (κ1) is 18.7. The van der Waals surface area contributed by atoms with Crippen molar-refractivity contribution >= 4 is 22.8 Å². The molecule has 0 saturated heterocycles. The number of nitrogens with zero attached hydrogens (tertiary/aromatic N) is 1. The van der Waals surface area contributed by atoms with Gasteiger partial charge < -0.3 is 19.5 Å². The molecule has 0 fully saturated rings. The van der Waals surface area contributed by atoms with Crippen LogP contribution < -0.4 is 14.8 Å². The lowest BCUT2D eigenvalue weighted by Crippen LogP contribution is -2.28. The fourth-order valence-electron chi connectivity index (χ4n) is 3.15. The van der Waals surface area contributed by atoms with E-state index in [-0.39, 0.29) is 19.3 Å². The summed E-state index contributed by atoms with van der Waals surface area (Å²) in [5, 5.41) is 3.44. The molecule has 0 spiro atoms. The van der Waals surface area contributed by atoms with Crippen molar-refractivity contribution in [3.8, 4) is 11.5 Å². The fraction of sp³-hybridized carbons (Fsp3) is 0.227. The number of hydrogen-bond acceptors (Lipinski definition) is 6. The van der Waals surface area contributed by atoms with E-state index in [1.807, 2.05) is 44.2 Å².